The Labute approximate surface area is 373 Å². The van der Waals surface area contributed by atoms with Gasteiger partial charge in [0.15, 0.2) is 0 Å². The van der Waals surface area contributed by atoms with Crippen molar-refractivity contribution in [2.75, 3.05) is 9.80 Å². The maximum absolute atomic E-state index is 2.68. The zero-order chi connectivity index (χ0) is 42.8. The summed E-state index contributed by atoms with van der Waals surface area (Å²) in [5.41, 5.74) is 18.8. The fraction of sp³-hybridized carbons (Fsp3) is 0.133. The molecule has 0 spiro atoms. The monoisotopic (exact) mass is 824 g/mol. The quantitative estimate of drug-likeness (QED) is 0.152. The highest BCUT2D eigenvalue weighted by molar-refractivity contribution is 6.30. The van der Waals surface area contributed by atoms with Crippen molar-refractivity contribution in [3.63, 3.8) is 0 Å². The molecule has 3 aromatic heterocycles. The van der Waals surface area contributed by atoms with Crippen LogP contribution in [-0.2, 0) is 0 Å². The van der Waals surface area contributed by atoms with Gasteiger partial charge in [-0.15, -0.1) is 0 Å². The fourth-order valence-electron chi connectivity index (χ4n) is 11.2. The summed E-state index contributed by atoms with van der Waals surface area (Å²) in [6.07, 6.45) is 7.94. The number of rotatable bonds is 8. The predicted octanol–water partition coefficient (Wildman–Crippen LogP) is 17.0. The molecular weight excluding hydrogens is 777 g/mol. The summed E-state index contributed by atoms with van der Waals surface area (Å²) in [5.74, 6) is 0.934. The Balaban J connectivity index is 1.08. The lowest BCUT2D eigenvalue weighted by molar-refractivity contribution is 0.685. The first-order valence-corrected chi connectivity index (χ1v) is 22.9. The number of fused-ring (bicyclic) bond motifs is 12. The van der Waals surface area contributed by atoms with Crippen LogP contribution in [0.3, 0.4) is 0 Å². The standard InChI is InChI=1S/C60H48N4/c1-37(2)39-23-27-43(28-24-39)61(41-15-7-5-8-16-41)53-33-31-45-49-35-56-50(36-55(49)63-51-21-13-11-19-47(51)57(53)59(45)63)46-32-34-54(58-48-20-12-14-22-52(48)64(56)60(46)58)62(42-17-9-6-10-18-42)44-29-25-40(26-30-44)38(3)4/h5-21,23-38,52H,22H2,1-4H3. The van der Waals surface area contributed by atoms with Gasteiger partial charge in [-0.25, -0.2) is 0 Å². The van der Waals surface area contributed by atoms with Gasteiger partial charge in [-0.3, -0.25) is 0 Å². The highest BCUT2D eigenvalue weighted by Crippen LogP contribution is 2.56. The molecule has 1 aliphatic heterocycles. The minimum Gasteiger partial charge on any atom is -0.332 e. The van der Waals surface area contributed by atoms with Crippen molar-refractivity contribution in [3.05, 3.63) is 205 Å². The molecule has 0 amide bonds. The Kier molecular flexibility index (Phi) is 8.09. The maximum atomic E-state index is 2.68. The number of para-hydroxylation sites is 3. The lowest BCUT2D eigenvalue weighted by Crippen LogP contribution is -2.12. The van der Waals surface area contributed by atoms with Crippen molar-refractivity contribution < 1.29 is 0 Å². The first kappa shape index (κ1) is 37.0. The Morgan fingerprint density at radius 3 is 1.64 bits per heavy atom. The minimum absolute atomic E-state index is 0.213. The lowest BCUT2D eigenvalue weighted by atomic mass is 9.92. The van der Waals surface area contributed by atoms with E-state index in [4.69, 9.17) is 0 Å². The third-order valence-electron chi connectivity index (χ3n) is 14.3. The third-order valence-corrected chi connectivity index (χ3v) is 14.3. The van der Waals surface area contributed by atoms with Gasteiger partial charge in [0.05, 0.1) is 45.0 Å². The number of hydrogen-bond acceptors (Lipinski definition) is 2. The summed E-state index contributed by atoms with van der Waals surface area (Å²) in [7, 11) is 0. The molecule has 11 aromatic rings. The number of aromatic nitrogens is 2. The van der Waals surface area contributed by atoms with Crippen molar-refractivity contribution in [3.8, 4) is 0 Å². The fourth-order valence-corrected chi connectivity index (χ4v) is 11.2. The zero-order valence-corrected chi connectivity index (χ0v) is 36.6. The van der Waals surface area contributed by atoms with Crippen molar-refractivity contribution in [1.82, 2.24) is 8.97 Å². The largest absolute Gasteiger partial charge is 0.332 e. The molecule has 0 radical (unpaired) electrons. The van der Waals surface area contributed by atoms with Crippen LogP contribution in [0.25, 0.3) is 65.5 Å². The minimum atomic E-state index is 0.213. The van der Waals surface area contributed by atoms with Gasteiger partial charge in [0.2, 0.25) is 0 Å². The van der Waals surface area contributed by atoms with Crippen LogP contribution in [0.15, 0.2) is 188 Å². The van der Waals surface area contributed by atoms with Gasteiger partial charge in [0.25, 0.3) is 0 Å². The molecule has 4 heteroatoms. The number of benzene rings is 8. The van der Waals surface area contributed by atoms with Crippen molar-refractivity contribution in [2.45, 2.75) is 52.0 Å². The molecule has 8 aromatic carbocycles. The maximum Gasteiger partial charge on any atom is 0.0641 e. The van der Waals surface area contributed by atoms with E-state index in [0.29, 0.717) is 11.8 Å². The first-order chi connectivity index (χ1) is 31.4. The van der Waals surface area contributed by atoms with E-state index in [1.165, 1.54) is 99.2 Å². The van der Waals surface area contributed by atoms with Crippen LogP contribution in [0.4, 0.5) is 34.1 Å². The van der Waals surface area contributed by atoms with Crippen LogP contribution in [0.1, 0.15) is 68.7 Å². The van der Waals surface area contributed by atoms with Gasteiger partial charge >= 0.3 is 0 Å². The van der Waals surface area contributed by atoms with E-state index >= 15 is 0 Å². The van der Waals surface area contributed by atoms with Gasteiger partial charge in [-0.1, -0.05) is 137 Å². The average Bonchev–Trinajstić information content (AvgIpc) is 4.06. The second kappa shape index (κ2) is 14.0. The summed E-state index contributed by atoms with van der Waals surface area (Å²) in [6.45, 7) is 9.05. The highest BCUT2D eigenvalue weighted by Gasteiger charge is 2.36. The van der Waals surface area contributed by atoms with Gasteiger partial charge in [-0.2, -0.15) is 0 Å². The number of anilines is 6. The molecule has 0 N–H and O–H groups in total. The summed E-state index contributed by atoms with van der Waals surface area (Å²) in [5, 5.41) is 7.73. The van der Waals surface area contributed by atoms with Gasteiger partial charge < -0.3 is 18.8 Å². The average molecular weight is 825 g/mol. The van der Waals surface area contributed by atoms with Crippen molar-refractivity contribution in [2.24, 2.45) is 0 Å². The molecule has 4 nitrogen and oxygen atoms in total. The molecule has 1 aliphatic carbocycles. The van der Waals surface area contributed by atoms with E-state index in [2.05, 4.69) is 235 Å². The molecule has 1 unspecified atom stereocenters. The molecule has 308 valence electrons. The Morgan fingerprint density at radius 2 is 1.00 bits per heavy atom. The Morgan fingerprint density at radius 1 is 0.469 bits per heavy atom. The van der Waals surface area contributed by atoms with E-state index in [-0.39, 0.29) is 6.04 Å². The highest BCUT2D eigenvalue weighted by atomic mass is 15.2. The normalized spacial score (nSPS) is 14.7. The van der Waals surface area contributed by atoms with E-state index in [0.717, 1.165) is 23.5 Å². The molecule has 4 heterocycles. The summed E-state index contributed by atoms with van der Waals surface area (Å²) < 4.78 is 5.24. The van der Waals surface area contributed by atoms with Crippen LogP contribution in [0.5, 0.6) is 0 Å². The molecule has 0 bridgehead atoms. The summed E-state index contributed by atoms with van der Waals surface area (Å²) >= 11 is 0. The van der Waals surface area contributed by atoms with E-state index in [9.17, 15) is 0 Å². The van der Waals surface area contributed by atoms with Crippen LogP contribution in [0.2, 0.25) is 0 Å². The predicted molar refractivity (Wildman–Crippen MR) is 272 cm³/mol. The number of allylic oxidation sites excluding steroid dienone is 4. The van der Waals surface area contributed by atoms with Crippen molar-refractivity contribution in [1.29, 1.82) is 0 Å². The molecule has 0 saturated heterocycles. The molecule has 2 aliphatic rings. The number of nitrogens with zero attached hydrogens (tertiary/aromatic N) is 4. The molecule has 0 fully saturated rings. The third kappa shape index (κ3) is 5.23. The zero-order valence-electron chi connectivity index (χ0n) is 36.6. The number of hydrogen-bond donors (Lipinski definition) is 0. The topological polar surface area (TPSA) is 15.8 Å². The molecular formula is C60H48N4. The first-order valence-electron chi connectivity index (χ1n) is 22.9. The van der Waals surface area contributed by atoms with Gasteiger partial charge in [-0.05, 0) is 114 Å². The van der Waals surface area contributed by atoms with E-state index in [1.807, 2.05) is 0 Å². The van der Waals surface area contributed by atoms with Crippen LogP contribution in [-0.4, -0.2) is 8.97 Å². The van der Waals surface area contributed by atoms with Crippen LogP contribution < -0.4 is 9.80 Å². The summed E-state index contributed by atoms with van der Waals surface area (Å²) in [4.78, 5) is 4.92. The molecule has 0 saturated carbocycles. The van der Waals surface area contributed by atoms with Gasteiger partial charge in [0.1, 0.15) is 0 Å². The molecule has 1 atom stereocenters. The SMILES string of the molecule is CC(C)c1ccc(N(c2ccccc2)c2ccc3c4cc5c(cc4n4c3c2C2=CC=CCC24)c2ccc(N(c3ccccc3)c3ccc(C(C)C)cc3)c3c4ccccc4n5c23)cc1. The van der Waals surface area contributed by atoms with Gasteiger partial charge in [0, 0.05) is 60.6 Å². The van der Waals surface area contributed by atoms with Crippen molar-refractivity contribution >= 4 is 99.6 Å². The second-order valence-corrected chi connectivity index (χ2v) is 18.5. The van der Waals surface area contributed by atoms with Crippen LogP contribution >= 0.6 is 0 Å². The smallest absolute Gasteiger partial charge is 0.0641 e. The van der Waals surface area contributed by atoms with E-state index in [1.54, 1.807) is 0 Å². The molecule has 64 heavy (non-hydrogen) atoms. The summed E-state index contributed by atoms with van der Waals surface area (Å²) in [6, 6.07) is 63.9. The Bertz CT molecular complexity index is 3680. The second-order valence-electron chi connectivity index (χ2n) is 18.5. The Hall–Kier alpha value is -7.56. The molecule has 13 rings (SSSR count). The lowest BCUT2D eigenvalue weighted by Gasteiger charge is -2.28. The van der Waals surface area contributed by atoms with E-state index < -0.39 is 0 Å². The van der Waals surface area contributed by atoms with Crippen LogP contribution in [0, 0.1) is 0 Å².